The fourth-order valence-electron chi connectivity index (χ4n) is 4.22. The summed E-state index contributed by atoms with van der Waals surface area (Å²) in [6, 6.07) is 19.0. The van der Waals surface area contributed by atoms with E-state index in [1.165, 1.54) is 0 Å². The van der Waals surface area contributed by atoms with E-state index in [4.69, 9.17) is 4.74 Å². The summed E-state index contributed by atoms with van der Waals surface area (Å²) in [7, 11) is 0. The van der Waals surface area contributed by atoms with Crippen molar-refractivity contribution in [2.75, 3.05) is 4.90 Å². The molecule has 0 saturated heterocycles. The molecule has 0 saturated carbocycles. The zero-order valence-corrected chi connectivity index (χ0v) is 21.0. The fourth-order valence-corrected chi connectivity index (χ4v) is 4.22. The van der Waals surface area contributed by atoms with Crippen LogP contribution in [0.25, 0.3) is 0 Å². The lowest BCUT2D eigenvalue weighted by Crippen LogP contribution is -2.13. The second-order valence-electron chi connectivity index (χ2n) is 9.06. The number of ether oxygens (including phenoxy) is 1. The molecular weight excluding hydrogens is 438 g/mol. The minimum absolute atomic E-state index is 0.132. The number of rotatable bonds is 5. The Morgan fingerprint density at radius 3 is 1.46 bits per heavy atom. The first-order valence-corrected chi connectivity index (χ1v) is 11.6. The first kappa shape index (κ1) is 24.0. The molecule has 0 aliphatic rings. The summed E-state index contributed by atoms with van der Waals surface area (Å²) >= 11 is 0. The third-order valence-electron chi connectivity index (χ3n) is 6.54. The van der Waals surface area contributed by atoms with Gasteiger partial charge in [-0.25, -0.2) is 0 Å². The molecule has 5 heteroatoms. The molecule has 0 heterocycles. The highest BCUT2D eigenvalue weighted by molar-refractivity contribution is 5.82. The molecular formula is C30H31NO4. The first-order chi connectivity index (χ1) is 16.6. The summed E-state index contributed by atoms with van der Waals surface area (Å²) in [5.74, 6) is 1.64. The second kappa shape index (κ2) is 9.26. The van der Waals surface area contributed by atoms with Crippen molar-refractivity contribution < 1.29 is 20.1 Å². The molecule has 5 nitrogen and oxygen atoms in total. The Bertz CT molecular complexity index is 1350. The molecule has 180 valence electrons. The van der Waals surface area contributed by atoms with Crippen LogP contribution in [0.3, 0.4) is 0 Å². The minimum Gasteiger partial charge on any atom is -0.507 e. The van der Waals surface area contributed by atoms with Crippen molar-refractivity contribution >= 4 is 17.1 Å². The molecule has 4 aromatic carbocycles. The van der Waals surface area contributed by atoms with Crippen LogP contribution in [-0.2, 0) is 0 Å². The van der Waals surface area contributed by atoms with E-state index in [0.717, 1.165) is 50.4 Å². The van der Waals surface area contributed by atoms with Gasteiger partial charge >= 0.3 is 0 Å². The highest BCUT2D eigenvalue weighted by Crippen LogP contribution is 2.44. The molecule has 0 aromatic heterocycles. The van der Waals surface area contributed by atoms with Gasteiger partial charge in [0, 0.05) is 16.8 Å². The minimum atomic E-state index is 0.132. The molecule has 35 heavy (non-hydrogen) atoms. The molecule has 0 bridgehead atoms. The smallest absolute Gasteiger partial charge is 0.172 e. The van der Waals surface area contributed by atoms with Gasteiger partial charge in [0.1, 0.15) is 17.2 Å². The predicted molar refractivity (Wildman–Crippen MR) is 141 cm³/mol. The van der Waals surface area contributed by atoms with Crippen molar-refractivity contribution in [3.63, 3.8) is 0 Å². The normalized spacial score (nSPS) is 10.9. The van der Waals surface area contributed by atoms with Gasteiger partial charge in [-0.3, -0.25) is 0 Å². The molecule has 0 spiro atoms. The van der Waals surface area contributed by atoms with E-state index >= 15 is 0 Å². The Labute approximate surface area is 206 Å². The summed E-state index contributed by atoms with van der Waals surface area (Å²) < 4.78 is 6.04. The average molecular weight is 470 g/mol. The van der Waals surface area contributed by atoms with E-state index in [9.17, 15) is 15.3 Å². The zero-order valence-electron chi connectivity index (χ0n) is 21.0. The lowest BCUT2D eigenvalue weighted by atomic mass is 10.0. The zero-order chi connectivity index (χ0) is 25.4. The maximum atomic E-state index is 10.7. The van der Waals surface area contributed by atoms with Crippen LogP contribution in [0.5, 0.6) is 28.7 Å². The van der Waals surface area contributed by atoms with E-state index in [0.29, 0.717) is 11.5 Å². The number of aryl methyl sites for hydroxylation is 4. The van der Waals surface area contributed by atoms with Gasteiger partial charge in [0.25, 0.3) is 0 Å². The number of aromatic hydroxyl groups is 3. The van der Waals surface area contributed by atoms with Crippen molar-refractivity contribution in [1.82, 2.24) is 0 Å². The van der Waals surface area contributed by atoms with Gasteiger partial charge in [-0.1, -0.05) is 24.3 Å². The second-order valence-corrected chi connectivity index (χ2v) is 9.06. The predicted octanol–water partition coefficient (Wildman–Crippen LogP) is 7.92. The van der Waals surface area contributed by atoms with Crippen molar-refractivity contribution in [1.29, 1.82) is 0 Å². The number of hydrogen-bond acceptors (Lipinski definition) is 5. The van der Waals surface area contributed by atoms with Gasteiger partial charge in [0.05, 0.1) is 11.4 Å². The topological polar surface area (TPSA) is 73.2 Å². The molecule has 0 atom stereocenters. The van der Waals surface area contributed by atoms with Crippen molar-refractivity contribution in [2.24, 2.45) is 0 Å². The van der Waals surface area contributed by atoms with E-state index < -0.39 is 0 Å². The molecule has 0 unspecified atom stereocenters. The fraction of sp³-hybridized carbons (Fsp3) is 0.200. The van der Waals surface area contributed by atoms with Crippen molar-refractivity contribution in [3.8, 4) is 28.7 Å². The Morgan fingerprint density at radius 1 is 0.514 bits per heavy atom. The van der Waals surface area contributed by atoms with Crippen LogP contribution in [0.4, 0.5) is 17.1 Å². The number of nitrogens with zero attached hydrogens (tertiary/aromatic N) is 1. The van der Waals surface area contributed by atoms with Gasteiger partial charge in [0.2, 0.25) is 0 Å². The molecule has 0 fully saturated rings. The van der Waals surface area contributed by atoms with Crippen molar-refractivity contribution in [3.05, 3.63) is 94.0 Å². The van der Waals surface area contributed by atoms with E-state index in [1.54, 1.807) is 0 Å². The molecule has 4 aromatic rings. The van der Waals surface area contributed by atoms with Crippen LogP contribution < -0.4 is 9.64 Å². The maximum absolute atomic E-state index is 10.7. The number of phenolic OH excluding ortho intramolecular Hbond substituents is 3. The molecule has 3 N–H and O–H groups in total. The third kappa shape index (κ3) is 4.37. The summed E-state index contributed by atoms with van der Waals surface area (Å²) in [5.41, 5.74) is 7.11. The molecule has 0 aliphatic heterocycles. The molecule has 0 aliphatic carbocycles. The summed E-state index contributed by atoms with van der Waals surface area (Å²) in [5, 5.41) is 31.8. The third-order valence-corrected chi connectivity index (χ3v) is 6.54. The van der Waals surface area contributed by atoms with Crippen LogP contribution in [0, 0.1) is 41.5 Å². The van der Waals surface area contributed by atoms with Gasteiger partial charge in [0.15, 0.2) is 11.5 Å². The highest BCUT2D eigenvalue weighted by Gasteiger charge is 2.21. The quantitative estimate of drug-likeness (QED) is 0.277. The SMILES string of the molecule is Cc1ccc(N(c2ccc(Oc3c(C)ccc(C)c3O)cc2)c2ccc(C)c(O)c2C)c(C)c1O. The molecule has 4 rings (SSSR count). The molecule has 0 amide bonds. The van der Waals surface area contributed by atoms with E-state index in [1.807, 2.05) is 107 Å². The van der Waals surface area contributed by atoms with Gasteiger partial charge in [-0.05, 0) is 100 Å². The lowest BCUT2D eigenvalue weighted by molar-refractivity contribution is 0.406. The number of anilines is 3. The van der Waals surface area contributed by atoms with Crippen LogP contribution in [-0.4, -0.2) is 15.3 Å². The number of benzene rings is 4. The summed E-state index contributed by atoms with van der Waals surface area (Å²) in [6.45, 7) is 11.2. The van der Waals surface area contributed by atoms with Crippen molar-refractivity contribution in [2.45, 2.75) is 41.5 Å². The van der Waals surface area contributed by atoms with Crippen LogP contribution >= 0.6 is 0 Å². The maximum Gasteiger partial charge on any atom is 0.172 e. The van der Waals surface area contributed by atoms with Gasteiger partial charge in [-0.2, -0.15) is 0 Å². The molecule has 0 radical (unpaired) electrons. The summed E-state index contributed by atoms with van der Waals surface area (Å²) in [4.78, 5) is 2.02. The van der Waals surface area contributed by atoms with Crippen LogP contribution in [0.15, 0.2) is 60.7 Å². The van der Waals surface area contributed by atoms with Crippen LogP contribution in [0.1, 0.15) is 33.4 Å². The monoisotopic (exact) mass is 469 g/mol. The highest BCUT2D eigenvalue weighted by atomic mass is 16.5. The largest absolute Gasteiger partial charge is 0.507 e. The lowest BCUT2D eigenvalue weighted by Gasteiger charge is -2.29. The first-order valence-electron chi connectivity index (χ1n) is 11.6. The number of hydrogen-bond donors (Lipinski definition) is 3. The average Bonchev–Trinajstić information content (AvgIpc) is 2.85. The number of phenols is 3. The summed E-state index contributed by atoms with van der Waals surface area (Å²) in [6.07, 6.45) is 0. The standard InChI is InChI=1S/C30H31NO4/c1-17-9-15-25(21(5)27(17)32)31(26-16-10-18(2)28(33)22(26)6)23-11-13-24(14-12-23)35-30-20(4)8-7-19(3)29(30)34/h7-16,32-34H,1-6H3. The Balaban J connectivity index is 1.82. The van der Waals surface area contributed by atoms with E-state index in [-0.39, 0.29) is 17.2 Å². The Morgan fingerprint density at radius 2 is 0.943 bits per heavy atom. The Hall–Kier alpha value is -4.12. The van der Waals surface area contributed by atoms with Crippen LogP contribution in [0.2, 0.25) is 0 Å². The van der Waals surface area contributed by atoms with E-state index in [2.05, 4.69) is 0 Å². The van der Waals surface area contributed by atoms with Gasteiger partial charge < -0.3 is 25.0 Å². The Kier molecular flexibility index (Phi) is 6.35. The van der Waals surface area contributed by atoms with Gasteiger partial charge in [-0.15, -0.1) is 0 Å².